The van der Waals surface area contributed by atoms with Gasteiger partial charge in [0.2, 0.25) is 0 Å². The van der Waals surface area contributed by atoms with Gasteiger partial charge >= 0.3 is 0 Å². The number of hydrogen-bond donors (Lipinski definition) is 0. The summed E-state index contributed by atoms with van der Waals surface area (Å²) in [6, 6.07) is 6.99. The minimum atomic E-state index is -0.156. The molecule has 0 bridgehead atoms. The lowest BCUT2D eigenvalue weighted by Gasteiger charge is -2.19. The van der Waals surface area contributed by atoms with E-state index in [0.29, 0.717) is 5.92 Å². The Kier molecular flexibility index (Phi) is 4.29. The smallest absolute Gasteiger partial charge is 0.140 e. The van der Waals surface area contributed by atoms with Crippen LogP contribution in [0, 0.1) is 5.82 Å². The Morgan fingerprint density at radius 3 is 2.71 bits per heavy atom. The monoisotopic (exact) mass is 288 g/mol. The van der Waals surface area contributed by atoms with Crippen LogP contribution in [-0.4, -0.2) is 32.8 Å². The molecule has 0 saturated carbocycles. The lowest BCUT2D eigenvalue weighted by Crippen LogP contribution is -2.26. The van der Waals surface area contributed by atoms with Crippen LogP contribution >= 0.6 is 0 Å². The molecule has 1 fully saturated rings. The third-order valence-electron chi connectivity index (χ3n) is 4.33. The largest absolute Gasteiger partial charge is 0.296 e. The Balaban J connectivity index is 1.61. The summed E-state index contributed by atoms with van der Waals surface area (Å²) >= 11 is 0. The standard InChI is InChI=1S/C16H21FN4/c1-20-16(18-12-19-20)11-21-9-2-3-13(8-10-21)14-4-6-15(17)7-5-14/h4-7,12-13H,2-3,8-11H2,1H3/t13-/m1/s1. The molecule has 3 rings (SSSR count). The number of benzene rings is 1. The summed E-state index contributed by atoms with van der Waals surface area (Å²) in [5.41, 5.74) is 1.26. The van der Waals surface area contributed by atoms with Crippen LogP contribution in [0.4, 0.5) is 4.39 Å². The van der Waals surface area contributed by atoms with Crippen molar-refractivity contribution < 1.29 is 4.39 Å². The molecule has 2 aromatic rings. The fourth-order valence-electron chi connectivity index (χ4n) is 3.05. The first kappa shape index (κ1) is 14.2. The molecule has 1 aliphatic heterocycles. The molecule has 2 heterocycles. The lowest BCUT2D eigenvalue weighted by molar-refractivity contribution is 0.265. The summed E-state index contributed by atoms with van der Waals surface area (Å²) < 4.78 is 14.9. The molecule has 4 nitrogen and oxygen atoms in total. The molecule has 5 heteroatoms. The van der Waals surface area contributed by atoms with E-state index in [-0.39, 0.29) is 5.82 Å². The molecule has 0 N–H and O–H groups in total. The molecule has 112 valence electrons. The van der Waals surface area contributed by atoms with Crippen molar-refractivity contribution in [2.45, 2.75) is 31.7 Å². The van der Waals surface area contributed by atoms with Crippen LogP contribution in [0.1, 0.15) is 36.6 Å². The van der Waals surface area contributed by atoms with Crippen LogP contribution in [0.3, 0.4) is 0 Å². The average molecular weight is 288 g/mol. The van der Waals surface area contributed by atoms with Crippen molar-refractivity contribution in [3.05, 3.63) is 47.8 Å². The quantitative estimate of drug-likeness (QED) is 0.871. The normalized spacial score (nSPS) is 20.4. The van der Waals surface area contributed by atoms with E-state index >= 15 is 0 Å². The van der Waals surface area contributed by atoms with Gasteiger partial charge in [-0.15, -0.1) is 0 Å². The van der Waals surface area contributed by atoms with E-state index in [1.54, 1.807) is 18.5 Å². The van der Waals surface area contributed by atoms with E-state index in [2.05, 4.69) is 15.0 Å². The van der Waals surface area contributed by atoms with Gasteiger partial charge in [-0.3, -0.25) is 9.58 Å². The minimum absolute atomic E-state index is 0.156. The first-order valence-corrected chi connectivity index (χ1v) is 7.53. The molecule has 0 unspecified atom stereocenters. The zero-order valence-electron chi connectivity index (χ0n) is 12.4. The topological polar surface area (TPSA) is 34.0 Å². The van der Waals surface area contributed by atoms with Gasteiger partial charge in [-0.25, -0.2) is 9.37 Å². The molecule has 0 aliphatic carbocycles. The van der Waals surface area contributed by atoms with Crippen molar-refractivity contribution in [3.8, 4) is 0 Å². The number of aromatic nitrogens is 3. The Hall–Kier alpha value is -1.75. The zero-order chi connectivity index (χ0) is 14.7. The maximum atomic E-state index is 13.0. The van der Waals surface area contributed by atoms with E-state index in [0.717, 1.165) is 31.9 Å². The summed E-state index contributed by atoms with van der Waals surface area (Å²) in [7, 11) is 1.93. The SMILES string of the molecule is Cn1ncnc1CN1CCC[C@@H](c2ccc(F)cc2)CC1. The van der Waals surface area contributed by atoms with Crippen LogP contribution in [-0.2, 0) is 13.6 Å². The number of likely N-dealkylation sites (tertiary alicyclic amines) is 1. The highest BCUT2D eigenvalue weighted by atomic mass is 19.1. The van der Waals surface area contributed by atoms with Crippen molar-refractivity contribution in [2.75, 3.05) is 13.1 Å². The molecule has 0 amide bonds. The lowest BCUT2D eigenvalue weighted by atomic mass is 9.92. The van der Waals surface area contributed by atoms with E-state index in [9.17, 15) is 4.39 Å². The molecule has 1 aliphatic rings. The fraction of sp³-hybridized carbons (Fsp3) is 0.500. The van der Waals surface area contributed by atoms with Gasteiger partial charge in [0.15, 0.2) is 0 Å². The highest BCUT2D eigenvalue weighted by Crippen LogP contribution is 2.28. The Morgan fingerprint density at radius 1 is 1.19 bits per heavy atom. The first-order chi connectivity index (χ1) is 10.2. The second-order valence-corrected chi connectivity index (χ2v) is 5.76. The molecule has 0 spiro atoms. The van der Waals surface area contributed by atoms with Crippen molar-refractivity contribution in [2.24, 2.45) is 7.05 Å². The average Bonchev–Trinajstić information content (AvgIpc) is 2.74. The van der Waals surface area contributed by atoms with Gasteiger partial charge in [-0.2, -0.15) is 5.10 Å². The third kappa shape index (κ3) is 3.47. The van der Waals surface area contributed by atoms with Crippen LogP contribution < -0.4 is 0 Å². The Labute approximate surface area is 124 Å². The summed E-state index contributed by atoms with van der Waals surface area (Å²) in [5.74, 6) is 1.39. The van der Waals surface area contributed by atoms with Crippen molar-refractivity contribution >= 4 is 0 Å². The van der Waals surface area contributed by atoms with Crippen LogP contribution in [0.2, 0.25) is 0 Å². The number of halogens is 1. The molecule has 0 radical (unpaired) electrons. The third-order valence-corrected chi connectivity index (χ3v) is 4.33. The minimum Gasteiger partial charge on any atom is -0.296 e. The van der Waals surface area contributed by atoms with Crippen molar-refractivity contribution in [1.82, 2.24) is 19.7 Å². The molecular weight excluding hydrogens is 267 g/mol. The maximum Gasteiger partial charge on any atom is 0.140 e. The first-order valence-electron chi connectivity index (χ1n) is 7.53. The summed E-state index contributed by atoms with van der Waals surface area (Å²) in [5, 5.41) is 4.12. The summed E-state index contributed by atoms with van der Waals surface area (Å²) in [4.78, 5) is 6.73. The number of hydrogen-bond acceptors (Lipinski definition) is 3. The van der Waals surface area contributed by atoms with Gasteiger partial charge in [0.1, 0.15) is 18.0 Å². The Bertz CT molecular complexity index is 578. The van der Waals surface area contributed by atoms with Crippen molar-refractivity contribution in [3.63, 3.8) is 0 Å². The molecule has 1 atom stereocenters. The maximum absolute atomic E-state index is 13.0. The van der Waals surface area contributed by atoms with E-state index in [1.165, 1.54) is 18.4 Å². The van der Waals surface area contributed by atoms with Gasteiger partial charge in [0.25, 0.3) is 0 Å². The molecule has 1 aromatic heterocycles. The molecule has 21 heavy (non-hydrogen) atoms. The van der Waals surface area contributed by atoms with Gasteiger partial charge in [-0.1, -0.05) is 12.1 Å². The second-order valence-electron chi connectivity index (χ2n) is 5.76. The second kappa shape index (κ2) is 6.35. The van der Waals surface area contributed by atoms with E-state index < -0.39 is 0 Å². The Morgan fingerprint density at radius 2 is 2.00 bits per heavy atom. The van der Waals surface area contributed by atoms with Gasteiger partial charge in [0, 0.05) is 7.05 Å². The summed E-state index contributed by atoms with van der Waals surface area (Å²) in [6.07, 6.45) is 5.05. The predicted molar refractivity (Wildman–Crippen MR) is 79.3 cm³/mol. The van der Waals surface area contributed by atoms with E-state index in [1.807, 2.05) is 23.9 Å². The van der Waals surface area contributed by atoms with Gasteiger partial charge in [-0.05, 0) is 56.0 Å². The number of nitrogens with zero attached hydrogens (tertiary/aromatic N) is 4. The van der Waals surface area contributed by atoms with Crippen LogP contribution in [0.15, 0.2) is 30.6 Å². The highest BCUT2D eigenvalue weighted by molar-refractivity contribution is 5.20. The fourth-order valence-corrected chi connectivity index (χ4v) is 3.05. The highest BCUT2D eigenvalue weighted by Gasteiger charge is 2.19. The van der Waals surface area contributed by atoms with E-state index in [4.69, 9.17) is 0 Å². The number of aryl methyl sites for hydroxylation is 1. The van der Waals surface area contributed by atoms with Gasteiger partial charge in [0.05, 0.1) is 6.54 Å². The molecular formula is C16H21FN4. The summed E-state index contributed by atoms with van der Waals surface area (Å²) in [6.45, 7) is 2.99. The van der Waals surface area contributed by atoms with Crippen LogP contribution in [0.5, 0.6) is 0 Å². The zero-order valence-corrected chi connectivity index (χ0v) is 12.4. The molecule has 1 aromatic carbocycles. The van der Waals surface area contributed by atoms with Crippen LogP contribution in [0.25, 0.3) is 0 Å². The van der Waals surface area contributed by atoms with Crippen molar-refractivity contribution in [1.29, 1.82) is 0 Å². The van der Waals surface area contributed by atoms with Gasteiger partial charge < -0.3 is 0 Å². The predicted octanol–water partition coefficient (Wildman–Crippen LogP) is 2.72. The number of rotatable bonds is 3. The molecule has 1 saturated heterocycles.